The highest BCUT2D eigenvalue weighted by Gasteiger charge is 2.36. The van der Waals surface area contributed by atoms with Gasteiger partial charge < -0.3 is 39.0 Å². The summed E-state index contributed by atoms with van der Waals surface area (Å²) in [6.07, 6.45) is -1.03. The van der Waals surface area contributed by atoms with Gasteiger partial charge in [0.15, 0.2) is 35.2 Å². The van der Waals surface area contributed by atoms with Gasteiger partial charge in [0.2, 0.25) is 11.5 Å². The Morgan fingerprint density at radius 3 is 2.17 bits per heavy atom. The van der Waals surface area contributed by atoms with E-state index in [9.17, 15) is 15.3 Å². The van der Waals surface area contributed by atoms with E-state index in [0.717, 1.165) is 0 Å². The predicted molar refractivity (Wildman–Crippen MR) is 104 cm³/mol. The van der Waals surface area contributed by atoms with Gasteiger partial charge in [0.1, 0.15) is 0 Å². The normalized spacial score (nSPS) is 18.7. The van der Waals surface area contributed by atoms with Crippen LogP contribution in [-0.4, -0.2) is 49.4 Å². The van der Waals surface area contributed by atoms with Crippen LogP contribution in [0.25, 0.3) is 0 Å². The summed E-state index contributed by atoms with van der Waals surface area (Å²) in [5.74, 6) is 1.25. The van der Waals surface area contributed by atoms with Crippen LogP contribution >= 0.6 is 0 Å². The van der Waals surface area contributed by atoms with E-state index in [0.29, 0.717) is 28.4 Å². The fourth-order valence-electron chi connectivity index (χ4n) is 3.18. The Hall–Kier alpha value is -3.10. The number of phenolic OH excluding ortho intramolecular Hbond substituents is 1. The van der Waals surface area contributed by atoms with Gasteiger partial charge in [0, 0.05) is 5.56 Å². The number of ether oxygens (including phenoxy) is 5. The summed E-state index contributed by atoms with van der Waals surface area (Å²) in [7, 11) is 4.31. The molecule has 29 heavy (non-hydrogen) atoms. The predicted octanol–water partition coefficient (Wildman–Crippen LogP) is 2.51. The van der Waals surface area contributed by atoms with Gasteiger partial charge in [0.05, 0.1) is 34.0 Å². The molecule has 0 saturated heterocycles. The fraction of sp³-hybridized carbons (Fsp3) is 0.333. The molecule has 1 heterocycles. The fourth-order valence-corrected chi connectivity index (χ4v) is 3.18. The number of aliphatic hydroxyl groups is 2. The van der Waals surface area contributed by atoms with Gasteiger partial charge in [-0.15, -0.1) is 6.58 Å². The standard InChI is InChI=1S/C21H24O8/c1-5-13(23)11-6-16(27-4)21-17(7-11)28-20(18(10-22)29-21)12-8-14(25-2)19(24)15(9-12)26-3/h5-9,13,18,20,22-24H,1,10H2,2-4H3. The Morgan fingerprint density at radius 1 is 1.03 bits per heavy atom. The van der Waals surface area contributed by atoms with E-state index in [1.165, 1.54) is 27.4 Å². The minimum absolute atomic E-state index is 0.144. The molecule has 2 aromatic carbocycles. The monoisotopic (exact) mass is 404 g/mol. The summed E-state index contributed by atoms with van der Waals surface area (Å²) in [4.78, 5) is 0. The van der Waals surface area contributed by atoms with Crippen LogP contribution in [0.15, 0.2) is 36.9 Å². The van der Waals surface area contributed by atoms with Crippen molar-refractivity contribution in [2.45, 2.75) is 18.3 Å². The summed E-state index contributed by atoms with van der Waals surface area (Å²) in [6, 6.07) is 6.41. The van der Waals surface area contributed by atoms with Gasteiger partial charge in [-0.2, -0.15) is 0 Å². The number of phenols is 1. The Bertz CT molecular complexity index is 869. The summed E-state index contributed by atoms with van der Waals surface area (Å²) in [6.45, 7) is 3.25. The van der Waals surface area contributed by atoms with E-state index in [1.807, 2.05) is 0 Å². The van der Waals surface area contributed by atoms with E-state index in [4.69, 9.17) is 23.7 Å². The smallest absolute Gasteiger partial charge is 0.204 e. The molecule has 3 atom stereocenters. The minimum Gasteiger partial charge on any atom is -0.502 e. The molecule has 3 unspecified atom stereocenters. The topological polar surface area (TPSA) is 107 Å². The van der Waals surface area contributed by atoms with Crippen molar-refractivity contribution in [3.8, 4) is 34.5 Å². The lowest BCUT2D eigenvalue weighted by Gasteiger charge is -2.34. The van der Waals surface area contributed by atoms with Crippen LogP contribution in [0, 0.1) is 0 Å². The highest BCUT2D eigenvalue weighted by Crippen LogP contribution is 2.48. The second-order valence-corrected chi connectivity index (χ2v) is 6.38. The van der Waals surface area contributed by atoms with Crippen molar-refractivity contribution in [3.63, 3.8) is 0 Å². The molecule has 0 saturated carbocycles. The Labute approximate surface area is 168 Å². The number of hydrogen-bond acceptors (Lipinski definition) is 8. The lowest BCUT2D eigenvalue weighted by molar-refractivity contribution is -0.0144. The van der Waals surface area contributed by atoms with Crippen LogP contribution in [0.4, 0.5) is 0 Å². The molecule has 0 bridgehead atoms. The van der Waals surface area contributed by atoms with Crippen molar-refractivity contribution in [2.75, 3.05) is 27.9 Å². The molecule has 0 fully saturated rings. The second-order valence-electron chi connectivity index (χ2n) is 6.38. The molecule has 0 radical (unpaired) electrons. The van der Waals surface area contributed by atoms with Gasteiger partial charge in [-0.1, -0.05) is 6.08 Å². The van der Waals surface area contributed by atoms with Crippen molar-refractivity contribution < 1.29 is 39.0 Å². The summed E-state index contributed by atoms with van der Waals surface area (Å²) >= 11 is 0. The molecule has 8 nitrogen and oxygen atoms in total. The molecule has 8 heteroatoms. The van der Waals surface area contributed by atoms with Crippen LogP contribution < -0.4 is 23.7 Å². The zero-order valence-corrected chi connectivity index (χ0v) is 16.4. The first-order valence-corrected chi connectivity index (χ1v) is 8.88. The van der Waals surface area contributed by atoms with Crippen molar-refractivity contribution in [2.24, 2.45) is 0 Å². The van der Waals surface area contributed by atoms with Gasteiger partial charge >= 0.3 is 0 Å². The second kappa shape index (κ2) is 8.50. The first-order chi connectivity index (χ1) is 14.0. The number of aromatic hydroxyl groups is 1. The van der Waals surface area contributed by atoms with Crippen molar-refractivity contribution in [1.82, 2.24) is 0 Å². The van der Waals surface area contributed by atoms with Crippen molar-refractivity contribution in [3.05, 3.63) is 48.0 Å². The third kappa shape index (κ3) is 3.76. The third-order valence-corrected chi connectivity index (χ3v) is 4.70. The molecule has 0 amide bonds. The lowest BCUT2D eigenvalue weighted by atomic mass is 10.0. The lowest BCUT2D eigenvalue weighted by Crippen LogP contribution is -2.36. The molecule has 0 aromatic heterocycles. The molecule has 0 spiro atoms. The number of benzene rings is 2. The molecule has 0 aliphatic carbocycles. The van der Waals surface area contributed by atoms with Crippen molar-refractivity contribution in [1.29, 1.82) is 0 Å². The minimum atomic E-state index is -0.916. The van der Waals surface area contributed by atoms with Crippen LogP contribution in [0.5, 0.6) is 34.5 Å². The Morgan fingerprint density at radius 2 is 1.66 bits per heavy atom. The largest absolute Gasteiger partial charge is 0.502 e. The maximum atomic E-state index is 10.2. The molecule has 3 rings (SSSR count). The van der Waals surface area contributed by atoms with Crippen molar-refractivity contribution >= 4 is 0 Å². The van der Waals surface area contributed by atoms with Crippen LogP contribution in [0.2, 0.25) is 0 Å². The van der Waals surface area contributed by atoms with Crippen LogP contribution in [-0.2, 0) is 0 Å². The highest BCUT2D eigenvalue weighted by molar-refractivity contribution is 5.57. The average molecular weight is 404 g/mol. The van der Waals surface area contributed by atoms with Crippen LogP contribution in [0.3, 0.4) is 0 Å². The number of hydrogen-bond donors (Lipinski definition) is 3. The average Bonchev–Trinajstić information content (AvgIpc) is 2.76. The third-order valence-electron chi connectivity index (χ3n) is 4.70. The maximum absolute atomic E-state index is 10.2. The molecule has 2 aromatic rings. The molecular weight excluding hydrogens is 380 g/mol. The number of aliphatic hydroxyl groups excluding tert-OH is 2. The van der Waals surface area contributed by atoms with Gasteiger partial charge in [0.25, 0.3) is 0 Å². The molecule has 3 N–H and O–H groups in total. The van der Waals surface area contributed by atoms with E-state index in [2.05, 4.69) is 6.58 Å². The maximum Gasteiger partial charge on any atom is 0.204 e. The summed E-state index contributed by atoms with van der Waals surface area (Å²) in [5.41, 5.74) is 1.08. The quantitative estimate of drug-likeness (QED) is 0.605. The molecule has 1 aliphatic rings. The molecular formula is C21H24O8. The number of rotatable bonds is 7. The number of methoxy groups -OCH3 is 3. The van der Waals surface area contributed by atoms with E-state index >= 15 is 0 Å². The SMILES string of the molecule is C=CC(O)c1cc(OC)c2c(c1)OC(c1cc(OC)c(O)c(OC)c1)C(CO)O2. The van der Waals surface area contributed by atoms with Crippen LogP contribution in [0.1, 0.15) is 23.3 Å². The summed E-state index contributed by atoms with van der Waals surface area (Å²) < 4.78 is 27.9. The Kier molecular flexibility index (Phi) is 6.05. The zero-order valence-electron chi connectivity index (χ0n) is 16.4. The number of fused-ring (bicyclic) bond motifs is 1. The zero-order chi connectivity index (χ0) is 21.1. The Balaban J connectivity index is 2.09. The van der Waals surface area contributed by atoms with E-state index in [1.54, 1.807) is 24.3 Å². The van der Waals surface area contributed by atoms with Gasteiger partial charge in [-0.05, 0) is 29.8 Å². The first kappa shape index (κ1) is 20.6. The van der Waals surface area contributed by atoms with Gasteiger partial charge in [-0.3, -0.25) is 0 Å². The molecule has 156 valence electrons. The summed E-state index contributed by atoms with van der Waals surface area (Å²) in [5, 5.41) is 30.2. The van der Waals surface area contributed by atoms with E-state index < -0.39 is 18.3 Å². The van der Waals surface area contributed by atoms with E-state index in [-0.39, 0.29) is 23.9 Å². The molecule has 1 aliphatic heterocycles. The highest BCUT2D eigenvalue weighted by atomic mass is 16.6. The van der Waals surface area contributed by atoms with Gasteiger partial charge in [-0.25, -0.2) is 0 Å². The first-order valence-electron chi connectivity index (χ1n) is 8.88.